The average Bonchev–Trinajstić information content (AvgIpc) is 3.04. The van der Waals surface area contributed by atoms with Crippen LogP contribution in [0.25, 0.3) is 10.8 Å². The van der Waals surface area contributed by atoms with Crippen molar-refractivity contribution in [2.45, 2.75) is 25.9 Å². The van der Waals surface area contributed by atoms with Gasteiger partial charge in [0.15, 0.2) is 6.10 Å². The van der Waals surface area contributed by atoms with Crippen LogP contribution in [-0.4, -0.2) is 12.0 Å². The largest absolute Gasteiger partial charge is 0.479 e. The fraction of sp³-hybridized carbons (Fsp3) is 0.190. The van der Waals surface area contributed by atoms with Gasteiger partial charge >= 0.3 is 0 Å². The molecule has 4 rings (SSSR count). The molecule has 1 N–H and O–H groups in total. The van der Waals surface area contributed by atoms with Gasteiger partial charge in [-0.3, -0.25) is 4.79 Å². The van der Waals surface area contributed by atoms with Crippen LogP contribution < -0.4 is 10.1 Å². The van der Waals surface area contributed by atoms with Gasteiger partial charge in [-0.25, -0.2) is 0 Å². The van der Waals surface area contributed by atoms with Crippen LogP contribution in [0.3, 0.4) is 0 Å². The van der Waals surface area contributed by atoms with Gasteiger partial charge in [-0.15, -0.1) is 0 Å². The molecule has 0 saturated carbocycles. The molecule has 0 aliphatic heterocycles. The Hall–Kier alpha value is -2.52. The molecule has 0 heterocycles. The van der Waals surface area contributed by atoms with E-state index in [1.54, 1.807) is 19.1 Å². The molecule has 3 aromatic rings. The Morgan fingerprint density at radius 1 is 1.04 bits per heavy atom. The lowest BCUT2D eigenvalue weighted by atomic mass is 10.0. The highest BCUT2D eigenvalue weighted by atomic mass is 35.5. The number of amides is 1. The van der Waals surface area contributed by atoms with Gasteiger partial charge in [0.05, 0.1) is 5.02 Å². The summed E-state index contributed by atoms with van der Waals surface area (Å²) >= 11 is 6.10. The van der Waals surface area contributed by atoms with Gasteiger partial charge in [0.25, 0.3) is 5.91 Å². The third-order valence-corrected chi connectivity index (χ3v) is 4.96. The minimum atomic E-state index is -0.650. The summed E-state index contributed by atoms with van der Waals surface area (Å²) in [5.74, 6) is 0.311. The number of rotatable bonds is 4. The Morgan fingerprint density at radius 2 is 1.80 bits per heavy atom. The number of hydrogen-bond acceptors (Lipinski definition) is 2. The lowest BCUT2D eigenvalue weighted by Gasteiger charge is -2.17. The molecule has 0 radical (unpaired) electrons. The van der Waals surface area contributed by atoms with Gasteiger partial charge < -0.3 is 10.1 Å². The second-order valence-corrected chi connectivity index (χ2v) is 6.70. The Labute approximate surface area is 151 Å². The summed E-state index contributed by atoms with van der Waals surface area (Å²) in [6.45, 7) is 1.72. The number of hydrogen-bond donors (Lipinski definition) is 1. The van der Waals surface area contributed by atoms with Crippen LogP contribution in [0.15, 0.2) is 54.6 Å². The second kappa shape index (κ2) is 6.41. The summed E-state index contributed by atoms with van der Waals surface area (Å²) in [6, 6.07) is 17.5. The summed E-state index contributed by atoms with van der Waals surface area (Å²) in [5.41, 5.74) is 3.52. The number of anilines is 1. The highest BCUT2D eigenvalue weighted by Crippen LogP contribution is 2.35. The molecule has 1 atom stereocenters. The van der Waals surface area contributed by atoms with Crippen LogP contribution in [0, 0.1) is 0 Å². The number of carbonyl (C=O) groups excluding carboxylic acids is 1. The molecule has 0 saturated heterocycles. The number of ether oxygens (including phenoxy) is 1. The summed E-state index contributed by atoms with van der Waals surface area (Å²) < 4.78 is 5.71. The highest BCUT2D eigenvalue weighted by Gasteiger charge is 2.20. The maximum absolute atomic E-state index is 12.6. The van der Waals surface area contributed by atoms with Crippen molar-refractivity contribution in [3.05, 3.63) is 70.7 Å². The van der Waals surface area contributed by atoms with Crippen molar-refractivity contribution in [2.24, 2.45) is 0 Å². The number of para-hydroxylation sites is 1. The number of halogens is 1. The molecule has 0 bridgehead atoms. The molecule has 1 aliphatic rings. The van der Waals surface area contributed by atoms with E-state index in [0.29, 0.717) is 10.8 Å². The smallest absolute Gasteiger partial charge is 0.265 e. The average molecular weight is 352 g/mol. The summed E-state index contributed by atoms with van der Waals surface area (Å²) in [4.78, 5) is 12.6. The lowest BCUT2D eigenvalue weighted by Crippen LogP contribution is -2.30. The SMILES string of the molecule is C[C@H](Oc1ccccc1Cl)C(=O)Nc1ccc2c3c(cccc13)CC2. The number of aryl methyl sites for hydroxylation is 2. The fourth-order valence-electron chi connectivity index (χ4n) is 3.37. The monoisotopic (exact) mass is 351 g/mol. The van der Waals surface area contributed by atoms with E-state index >= 15 is 0 Å². The van der Waals surface area contributed by atoms with Crippen molar-refractivity contribution < 1.29 is 9.53 Å². The zero-order chi connectivity index (χ0) is 17.4. The van der Waals surface area contributed by atoms with E-state index in [-0.39, 0.29) is 5.91 Å². The van der Waals surface area contributed by atoms with Crippen LogP contribution in [0.4, 0.5) is 5.69 Å². The highest BCUT2D eigenvalue weighted by molar-refractivity contribution is 6.32. The van der Waals surface area contributed by atoms with Crippen molar-refractivity contribution in [3.8, 4) is 5.75 Å². The van der Waals surface area contributed by atoms with E-state index in [1.165, 1.54) is 16.5 Å². The number of carbonyl (C=O) groups is 1. The van der Waals surface area contributed by atoms with E-state index in [0.717, 1.165) is 23.9 Å². The van der Waals surface area contributed by atoms with Crippen LogP contribution in [-0.2, 0) is 17.6 Å². The van der Waals surface area contributed by atoms with E-state index in [2.05, 4.69) is 23.5 Å². The Kier molecular flexibility index (Phi) is 4.10. The zero-order valence-electron chi connectivity index (χ0n) is 13.9. The van der Waals surface area contributed by atoms with Gasteiger partial charge in [0.1, 0.15) is 5.75 Å². The molecule has 3 nitrogen and oxygen atoms in total. The molecular weight excluding hydrogens is 334 g/mol. The summed E-state index contributed by atoms with van der Waals surface area (Å²) in [5, 5.41) is 5.86. The van der Waals surface area contributed by atoms with Gasteiger partial charge in [0, 0.05) is 11.1 Å². The molecule has 0 spiro atoms. The first kappa shape index (κ1) is 16.0. The van der Waals surface area contributed by atoms with E-state index in [1.807, 2.05) is 24.3 Å². The first-order valence-electron chi connectivity index (χ1n) is 8.39. The Bertz CT molecular complexity index is 957. The third-order valence-electron chi connectivity index (χ3n) is 4.64. The molecule has 0 unspecified atom stereocenters. The maximum atomic E-state index is 12.6. The molecule has 1 aliphatic carbocycles. The lowest BCUT2D eigenvalue weighted by molar-refractivity contribution is -0.122. The van der Waals surface area contributed by atoms with E-state index in [4.69, 9.17) is 16.3 Å². The van der Waals surface area contributed by atoms with Crippen LogP contribution in [0.5, 0.6) is 5.75 Å². The zero-order valence-corrected chi connectivity index (χ0v) is 14.6. The Morgan fingerprint density at radius 3 is 2.60 bits per heavy atom. The number of nitrogens with one attached hydrogen (secondary N) is 1. The molecule has 0 fully saturated rings. The van der Waals surface area contributed by atoms with Crippen LogP contribution in [0.2, 0.25) is 5.02 Å². The van der Waals surface area contributed by atoms with Crippen molar-refractivity contribution in [1.82, 2.24) is 0 Å². The molecule has 4 heteroatoms. The van der Waals surface area contributed by atoms with Gasteiger partial charge in [-0.05, 0) is 54.5 Å². The molecule has 1 amide bonds. The maximum Gasteiger partial charge on any atom is 0.265 e. The molecule has 3 aromatic carbocycles. The first-order valence-corrected chi connectivity index (χ1v) is 8.77. The van der Waals surface area contributed by atoms with Gasteiger partial charge in [-0.1, -0.05) is 48.0 Å². The quantitative estimate of drug-likeness (QED) is 0.718. The van der Waals surface area contributed by atoms with Crippen LogP contribution in [0.1, 0.15) is 18.1 Å². The summed E-state index contributed by atoms with van der Waals surface area (Å²) in [6.07, 6.45) is 1.48. The number of benzene rings is 3. The van der Waals surface area contributed by atoms with Crippen molar-refractivity contribution in [3.63, 3.8) is 0 Å². The molecule has 126 valence electrons. The standard InChI is InChI=1S/C21H18ClNO2/c1-13(25-19-8-3-2-7-17(19)22)21(24)23-18-12-11-15-10-9-14-5-4-6-16(18)20(14)15/h2-8,11-13H,9-10H2,1H3,(H,23,24)/t13-/m0/s1. The molecule has 25 heavy (non-hydrogen) atoms. The van der Waals surface area contributed by atoms with Crippen molar-refractivity contribution in [2.75, 3.05) is 5.32 Å². The predicted molar refractivity (Wildman–Crippen MR) is 102 cm³/mol. The van der Waals surface area contributed by atoms with Gasteiger partial charge in [0.2, 0.25) is 0 Å². The van der Waals surface area contributed by atoms with E-state index in [9.17, 15) is 4.79 Å². The predicted octanol–water partition coefficient (Wildman–Crippen LogP) is 5.00. The minimum Gasteiger partial charge on any atom is -0.479 e. The topological polar surface area (TPSA) is 38.3 Å². The molecule has 0 aromatic heterocycles. The van der Waals surface area contributed by atoms with E-state index < -0.39 is 6.10 Å². The second-order valence-electron chi connectivity index (χ2n) is 6.29. The normalized spacial score (nSPS) is 13.7. The molecular formula is C21H18ClNO2. The van der Waals surface area contributed by atoms with Gasteiger partial charge in [-0.2, -0.15) is 0 Å². The Balaban J connectivity index is 1.57. The third kappa shape index (κ3) is 2.96. The summed E-state index contributed by atoms with van der Waals surface area (Å²) in [7, 11) is 0. The van der Waals surface area contributed by atoms with Crippen molar-refractivity contribution in [1.29, 1.82) is 0 Å². The first-order chi connectivity index (χ1) is 12.1. The minimum absolute atomic E-state index is 0.196. The van der Waals surface area contributed by atoms with Crippen LogP contribution >= 0.6 is 11.6 Å². The fourth-order valence-corrected chi connectivity index (χ4v) is 3.55. The van der Waals surface area contributed by atoms with Crippen molar-refractivity contribution >= 4 is 34.0 Å².